The summed E-state index contributed by atoms with van der Waals surface area (Å²) in [6.07, 6.45) is 2.50. The molecule has 1 aromatic heterocycles. The van der Waals surface area contributed by atoms with Gasteiger partial charge in [-0.1, -0.05) is 17.7 Å². The van der Waals surface area contributed by atoms with Gasteiger partial charge in [0.15, 0.2) is 0 Å². The van der Waals surface area contributed by atoms with E-state index in [1.807, 2.05) is 48.3 Å². The van der Waals surface area contributed by atoms with Crippen molar-refractivity contribution in [1.29, 1.82) is 0 Å². The summed E-state index contributed by atoms with van der Waals surface area (Å²) in [4.78, 5) is 16.6. The summed E-state index contributed by atoms with van der Waals surface area (Å²) in [7, 11) is 0. The van der Waals surface area contributed by atoms with Crippen molar-refractivity contribution in [2.45, 2.75) is 38.8 Å². The Morgan fingerprint density at radius 3 is 2.79 bits per heavy atom. The molecule has 0 spiro atoms. The highest BCUT2D eigenvalue weighted by Gasteiger charge is 2.16. The van der Waals surface area contributed by atoms with Crippen molar-refractivity contribution in [3.8, 4) is 5.75 Å². The number of rotatable bonds is 6. The van der Waals surface area contributed by atoms with E-state index in [9.17, 15) is 4.79 Å². The molecule has 2 aromatic rings. The Morgan fingerprint density at radius 2 is 2.04 bits per heavy atom. The minimum Gasteiger partial charge on any atom is -0.486 e. The van der Waals surface area contributed by atoms with Gasteiger partial charge in [-0.05, 0) is 43.4 Å². The van der Waals surface area contributed by atoms with E-state index >= 15 is 0 Å². The normalized spacial score (nSPS) is 15.2. The molecular weight excluding hydrogens is 340 g/mol. The van der Waals surface area contributed by atoms with Crippen LogP contribution in [-0.2, 0) is 17.8 Å². The number of carbonyl (C=O) groups is 1. The molecule has 4 nitrogen and oxygen atoms in total. The second-order valence-electron chi connectivity index (χ2n) is 5.97. The zero-order valence-corrected chi connectivity index (χ0v) is 15.4. The molecule has 1 aliphatic heterocycles. The van der Waals surface area contributed by atoms with Gasteiger partial charge < -0.3 is 10.1 Å². The number of hydrogen-bond acceptors (Lipinski definition) is 5. The quantitative estimate of drug-likeness (QED) is 0.853. The van der Waals surface area contributed by atoms with Crippen LogP contribution in [0.1, 0.15) is 29.1 Å². The van der Waals surface area contributed by atoms with Gasteiger partial charge in [0.25, 0.3) is 0 Å². The second-order valence-corrected chi connectivity index (χ2v) is 8.13. The van der Waals surface area contributed by atoms with Gasteiger partial charge in [0, 0.05) is 11.4 Å². The van der Waals surface area contributed by atoms with Gasteiger partial charge in [-0.3, -0.25) is 4.79 Å². The minimum atomic E-state index is 0.0724. The van der Waals surface area contributed by atoms with Crippen molar-refractivity contribution >= 4 is 29.0 Å². The van der Waals surface area contributed by atoms with Crippen LogP contribution in [0.4, 0.5) is 0 Å². The molecule has 1 saturated heterocycles. The first-order valence-electron chi connectivity index (χ1n) is 8.19. The second kappa shape index (κ2) is 8.53. The van der Waals surface area contributed by atoms with Crippen molar-refractivity contribution in [1.82, 2.24) is 10.3 Å². The first-order chi connectivity index (χ1) is 11.7. The number of amides is 1. The number of hydrogen-bond donors (Lipinski definition) is 1. The van der Waals surface area contributed by atoms with Crippen LogP contribution in [0.2, 0.25) is 0 Å². The average molecular weight is 363 g/mol. The molecule has 1 N–H and O–H groups in total. The lowest BCUT2D eigenvalue weighted by Crippen LogP contribution is -2.38. The third-order valence-electron chi connectivity index (χ3n) is 3.91. The Bertz CT molecular complexity index is 664. The lowest BCUT2D eigenvalue weighted by molar-refractivity contribution is -0.121. The number of carbonyl (C=O) groups excluding carboxylic acids is 1. The predicted octanol–water partition coefficient (Wildman–Crippen LogP) is 3.58. The number of nitrogens with zero attached hydrogens (tertiary/aromatic N) is 1. The molecule has 1 amide bonds. The number of benzene rings is 1. The van der Waals surface area contributed by atoms with Crippen LogP contribution in [0.5, 0.6) is 5.75 Å². The van der Waals surface area contributed by atoms with Crippen LogP contribution in [0.15, 0.2) is 29.6 Å². The maximum absolute atomic E-state index is 12.1. The Labute approximate surface area is 151 Å². The molecule has 1 fully saturated rings. The Hall–Kier alpha value is -1.53. The topological polar surface area (TPSA) is 51.2 Å². The third kappa shape index (κ3) is 5.24. The Balaban J connectivity index is 1.46. The summed E-state index contributed by atoms with van der Waals surface area (Å²) in [5, 5.41) is 5.97. The zero-order valence-electron chi connectivity index (χ0n) is 13.8. The Kier molecular flexibility index (Phi) is 6.15. The van der Waals surface area contributed by atoms with Crippen LogP contribution in [-0.4, -0.2) is 28.4 Å². The molecule has 1 aromatic carbocycles. The number of aryl methyl sites for hydroxylation is 1. The van der Waals surface area contributed by atoms with E-state index in [0.717, 1.165) is 40.8 Å². The van der Waals surface area contributed by atoms with Gasteiger partial charge >= 0.3 is 0 Å². The van der Waals surface area contributed by atoms with Gasteiger partial charge in [0.2, 0.25) is 5.91 Å². The fourth-order valence-corrected chi connectivity index (χ4v) is 4.37. The maximum Gasteiger partial charge on any atom is 0.226 e. The van der Waals surface area contributed by atoms with Crippen molar-refractivity contribution in [2.24, 2.45) is 0 Å². The SMILES string of the molecule is Cc1ccc(OCc2nc(CC(=O)NC3CCSCC3)cs2)cc1. The monoisotopic (exact) mass is 362 g/mol. The van der Waals surface area contributed by atoms with Crippen molar-refractivity contribution < 1.29 is 9.53 Å². The standard InChI is InChI=1S/C18H22N2O2S2/c1-13-2-4-16(5-3-13)22-11-18-20-15(12-24-18)10-17(21)19-14-6-8-23-9-7-14/h2-5,12,14H,6-11H2,1H3,(H,19,21). The molecule has 24 heavy (non-hydrogen) atoms. The van der Waals surface area contributed by atoms with Crippen LogP contribution in [0, 0.1) is 6.92 Å². The number of aromatic nitrogens is 1. The van der Waals surface area contributed by atoms with Gasteiger partial charge in [-0.15, -0.1) is 11.3 Å². The van der Waals surface area contributed by atoms with Crippen molar-refractivity contribution in [3.63, 3.8) is 0 Å². The van der Waals surface area contributed by atoms with Crippen LogP contribution in [0.25, 0.3) is 0 Å². The highest BCUT2D eigenvalue weighted by atomic mass is 32.2. The molecule has 2 heterocycles. The van der Waals surface area contributed by atoms with E-state index in [1.165, 1.54) is 5.56 Å². The fourth-order valence-electron chi connectivity index (χ4n) is 2.56. The van der Waals surface area contributed by atoms with Gasteiger partial charge in [0.05, 0.1) is 12.1 Å². The summed E-state index contributed by atoms with van der Waals surface area (Å²) in [6, 6.07) is 8.30. The average Bonchev–Trinajstić information content (AvgIpc) is 3.02. The van der Waals surface area contributed by atoms with Gasteiger partial charge in [0.1, 0.15) is 17.4 Å². The van der Waals surface area contributed by atoms with Gasteiger partial charge in [-0.2, -0.15) is 11.8 Å². The lowest BCUT2D eigenvalue weighted by atomic mass is 10.1. The number of thioether (sulfide) groups is 1. The number of thiazole rings is 1. The molecule has 0 saturated carbocycles. The molecule has 1 aliphatic rings. The number of ether oxygens (including phenoxy) is 1. The summed E-state index contributed by atoms with van der Waals surface area (Å²) in [5.74, 6) is 3.19. The molecule has 0 unspecified atom stereocenters. The molecule has 128 valence electrons. The molecule has 0 atom stereocenters. The molecule has 3 rings (SSSR count). The highest BCUT2D eigenvalue weighted by Crippen LogP contribution is 2.18. The van der Waals surface area contributed by atoms with Gasteiger partial charge in [-0.25, -0.2) is 4.98 Å². The zero-order chi connectivity index (χ0) is 16.8. The van der Waals surface area contributed by atoms with E-state index < -0.39 is 0 Å². The lowest BCUT2D eigenvalue weighted by Gasteiger charge is -2.22. The molecule has 0 radical (unpaired) electrons. The summed E-state index contributed by atoms with van der Waals surface area (Å²) < 4.78 is 5.73. The molecule has 6 heteroatoms. The fraction of sp³-hybridized carbons (Fsp3) is 0.444. The maximum atomic E-state index is 12.1. The van der Waals surface area contributed by atoms with E-state index in [4.69, 9.17) is 4.74 Å². The van der Waals surface area contributed by atoms with E-state index in [0.29, 0.717) is 19.1 Å². The minimum absolute atomic E-state index is 0.0724. The highest BCUT2D eigenvalue weighted by molar-refractivity contribution is 7.99. The first kappa shape index (κ1) is 17.3. The van der Waals surface area contributed by atoms with E-state index in [1.54, 1.807) is 11.3 Å². The summed E-state index contributed by atoms with van der Waals surface area (Å²) in [5.41, 5.74) is 2.03. The third-order valence-corrected chi connectivity index (χ3v) is 5.83. The summed E-state index contributed by atoms with van der Waals surface area (Å²) in [6.45, 7) is 2.49. The number of nitrogens with one attached hydrogen (secondary N) is 1. The largest absolute Gasteiger partial charge is 0.486 e. The van der Waals surface area contributed by atoms with Crippen LogP contribution in [0.3, 0.4) is 0 Å². The smallest absolute Gasteiger partial charge is 0.226 e. The van der Waals surface area contributed by atoms with E-state index in [2.05, 4.69) is 10.3 Å². The van der Waals surface area contributed by atoms with E-state index in [-0.39, 0.29) is 5.91 Å². The Morgan fingerprint density at radius 1 is 1.29 bits per heavy atom. The molecular formula is C18H22N2O2S2. The van der Waals surface area contributed by atoms with Crippen LogP contribution < -0.4 is 10.1 Å². The molecule has 0 aliphatic carbocycles. The predicted molar refractivity (Wildman–Crippen MR) is 99.8 cm³/mol. The first-order valence-corrected chi connectivity index (χ1v) is 10.2. The molecule has 0 bridgehead atoms. The van der Waals surface area contributed by atoms with Crippen molar-refractivity contribution in [2.75, 3.05) is 11.5 Å². The summed E-state index contributed by atoms with van der Waals surface area (Å²) >= 11 is 3.50. The van der Waals surface area contributed by atoms with Crippen LogP contribution >= 0.6 is 23.1 Å². The van der Waals surface area contributed by atoms with Crippen molar-refractivity contribution in [3.05, 3.63) is 45.9 Å².